The van der Waals surface area contributed by atoms with E-state index in [2.05, 4.69) is 20.6 Å². The van der Waals surface area contributed by atoms with Gasteiger partial charge in [0.15, 0.2) is 5.69 Å². The van der Waals surface area contributed by atoms with Gasteiger partial charge in [-0.25, -0.2) is 9.78 Å². The molecular formula is C33H33ClF3N7O3. The lowest BCUT2D eigenvalue weighted by atomic mass is 9.90. The van der Waals surface area contributed by atoms with Gasteiger partial charge >= 0.3 is 12.2 Å². The van der Waals surface area contributed by atoms with E-state index in [1.165, 1.54) is 11.8 Å². The maximum Gasteiger partial charge on any atom is 0.437 e. The zero-order valence-corrected chi connectivity index (χ0v) is 26.1. The Hall–Kier alpha value is -4.78. The smallest absolute Gasteiger partial charge is 0.417 e. The normalized spacial score (nSPS) is 16.1. The van der Waals surface area contributed by atoms with Gasteiger partial charge in [-0.15, -0.1) is 0 Å². The van der Waals surface area contributed by atoms with Crippen LogP contribution in [0, 0.1) is 0 Å². The number of para-hydroxylation sites is 1. The Labute approximate surface area is 274 Å². The average molecular weight is 668 g/mol. The molecule has 14 heteroatoms. The number of anilines is 4. The van der Waals surface area contributed by atoms with Crippen molar-refractivity contribution < 1.29 is 27.2 Å². The van der Waals surface area contributed by atoms with Crippen molar-refractivity contribution in [1.82, 2.24) is 14.9 Å². The van der Waals surface area contributed by atoms with Crippen molar-refractivity contribution >= 4 is 46.7 Å². The first-order chi connectivity index (χ1) is 22.7. The fourth-order valence-electron chi connectivity index (χ4n) is 5.86. The molecular weight excluding hydrogens is 635 g/mol. The third kappa shape index (κ3) is 7.62. The summed E-state index contributed by atoms with van der Waals surface area (Å²) in [5.41, 5.74) is 0.550. The maximum absolute atomic E-state index is 13.9. The second-order valence-electron chi connectivity index (χ2n) is 11.4. The van der Waals surface area contributed by atoms with Crippen molar-refractivity contribution in [1.29, 1.82) is 0 Å². The number of oxazole rings is 1. The van der Waals surface area contributed by atoms with E-state index in [1.54, 1.807) is 46.2 Å². The number of carbonyl (C=O) groups excluding carboxylic acids is 2. The Morgan fingerprint density at radius 3 is 2.30 bits per heavy atom. The number of nitrogens with one attached hydrogen (secondary N) is 2. The fourth-order valence-corrected chi connectivity index (χ4v) is 6.04. The lowest BCUT2D eigenvalue weighted by Crippen LogP contribution is -2.38. The Morgan fingerprint density at radius 2 is 1.60 bits per heavy atom. The van der Waals surface area contributed by atoms with Gasteiger partial charge in [0.25, 0.3) is 11.9 Å². The molecule has 0 saturated carbocycles. The first-order valence-corrected chi connectivity index (χ1v) is 15.7. The molecule has 2 aromatic carbocycles. The van der Waals surface area contributed by atoms with Crippen molar-refractivity contribution in [3.8, 4) is 0 Å². The zero-order valence-electron chi connectivity index (χ0n) is 25.3. The van der Waals surface area contributed by atoms with Crippen LogP contribution in [0.25, 0.3) is 0 Å². The fraction of sp³-hybridized carbons (Fsp3) is 0.333. The summed E-state index contributed by atoms with van der Waals surface area (Å²) in [6, 6.07) is 19.7. The molecule has 0 spiro atoms. The number of amides is 3. The van der Waals surface area contributed by atoms with Gasteiger partial charge in [-0.2, -0.15) is 18.2 Å². The van der Waals surface area contributed by atoms with E-state index in [0.29, 0.717) is 62.2 Å². The summed E-state index contributed by atoms with van der Waals surface area (Å²) in [7, 11) is 0. The molecule has 0 unspecified atom stereocenters. The second kappa shape index (κ2) is 13.9. The van der Waals surface area contributed by atoms with Gasteiger partial charge in [-0.3, -0.25) is 4.79 Å². The lowest BCUT2D eigenvalue weighted by Gasteiger charge is -2.31. The van der Waals surface area contributed by atoms with Gasteiger partial charge in [0.1, 0.15) is 5.82 Å². The minimum atomic E-state index is -4.89. The van der Waals surface area contributed by atoms with Gasteiger partial charge in [-0.1, -0.05) is 54.1 Å². The number of carbonyl (C=O) groups is 2. The number of benzene rings is 2. The molecule has 2 aliphatic heterocycles. The van der Waals surface area contributed by atoms with Gasteiger partial charge in [0, 0.05) is 39.3 Å². The molecule has 47 heavy (non-hydrogen) atoms. The first kappa shape index (κ1) is 32.2. The van der Waals surface area contributed by atoms with Crippen LogP contribution < -0.4 is 20.4 Å². The molecule has 0 aliphatic carbocycles. The van der Waals surface area contributed by atoms with Crippen molar-refractivity contribution in [3.63, 3.8) is 0 Å². The van der Waals surface area contributed by atoms with Gasteiger partial charge in [0.05, 0.1) is 22.6 Å². The number of aromatic nitrogens is 2. The molecule has 2 saturated heterocycles. The molecule has 4 aromatic rings. The van der Waals surface area contributed by atoms with Crippen LogP contribution in [-0.2, 0) is 6.18 Å². The largest absolute Gasteiger partial charge is 0.437 e. The number of halogens is 4. The summed E-state index contributed by atoms with van der Waals surface area (Å²) in [6.45, 7) is 3.01. The monoisotopic (exact) mass is 667 g/mol. The molecule has 2 fully saturated rings. The van der Waals surface area contributed by atoms with E-state index < -0.39 is 23.5 Å². The highest BCUT2D eigenvalue weighted by Gasteiger charge is 2.42. The SMILES string of the molecule is O=C(Nc1ccc(N2CCCN(C(=O)Nc3ccccc3Cl)CC2)nc1)c1oc(N2CCC(c3ccccc3)CC2)nc1C(F)(F)F. The van der Waals surface area contributed by atoms with Gasteiger partial charge < -0.3 is 29.8 Å². The summed E-state index contributed by atoms with van der Waals surface area (Å²) < 4.78 is 47.3. The molecule has 6 rings (SSSR count). The highest BCUT2D eigenvalue weighted by molar-refractivity contribution is 6.33. The van der Waals surface area contributed by atoms with E-state index >= 15 is 0 Å². The topological polar surface area (TPSA) is 107 Å². The summed E-state index contributed by atoms with van der Waals surface area (Å²) >= 11 is 6.17. The molecule has 0 bridgehead atoms. The van der Waals surface area contributed by atoms with Crippen LogP contribution in [-0.4, -0.2) is 66.1 Å². The van der Waals surface area contributed by atoms with Crippen LogP contribution in [0.5, 0.6) is 0 Å². The Balaban J connectivity index is 1.07. The molecule has 246 valence electrons. The molecule has 2 aliphatic rings. The van der Waals surface area contributed by atoms with Crippen LogP contribution in [0.3, 0.4) is 0 Å². The van der Waals surface area contributed by atoms with Crippen molar-refractivity contribution in [2.45, 2.75) is 31.4 Å². The third-order valence-electron chi connectivity index (χ3n) is 8.36. The van der Waals surface area contributed by atoms with Gasteiger partial charge in [0.2, 0.25) is 5.76 Å². The number of nitrogens with zero attached hydrogens (tertiary/aromatic N) is 5. The highest BCUT2D eigenvalue weighted by Crippen LogP contribution is 2.36. The Morgan fingerprint density at radius 1 is 0.851 bits per heavy atom. The average Bonchev–Trinajstić information content (AvgIpc) is 3.40. The number of alkyl halides is 3. The second-order valence-corrected chi connectivity index (χ2v) is 11.8. The third-order valence-corrected chi connectivity index (χ3v) is 8.68. The van der Waals surface area contributed by atoms with Crippen molar-refractivity contribution in [2.75, 3.05) is 59.7 Å². The quantitative estimate of drug-likeness (QED) is 0.225. The molecule has 0 atom stereocenters. The molecule has 0 radical (unpaired) electrons. The Kier molecular flexibility index (Phi) is 9.53. The van der Waals surface area contributed by atoms with E-state index in [4.69, 9.17) is 16.0 Å². The first-order valence-electron chi connectivity index (χ1n) is 15.4. The number of hydrogen-bond acceptors (Lipinski definition) is 7. The van der Waals surface area contributed by atoms with Crippen LogP contribution in [0.15, 0.2) is 77.3 Å². The summed E-state index contributed by atoms with van der Waals surface area (Å²) in [5, 5.41) is 5.75. The summed E-state index contributed by atoms with van der Waals surface area (Å²) in [5.74, 6) is -1.08. The van der Waals surface area contributed by atoms with Crippen molar-refractivity contribution in [3.05, 3.63) is 95.0 Å². The molecule has 2 N–H and O–H groups in total. The number of hydrogen-bond donors (Lipinski definition) is 2. The van der Waals surface area contributed by atoms with Crippen LogP contribution in [0.2, 0.25) is 5.02 Å². The lowest BCUT2D eigenvalue weighted by molar-refractivity contribution is -0.141. The van der Waals surface area contributed by atoms with Crippen molar-refractivity contribution in [2.24, 2.45) is 0 Å². The summed E-state index contributed by atoms with van der Waals surface area (Å²) in [4.78, 5) is 39.3. The molecule has 10 nitrogen and oxygen atoms in total. The van der Waals surface area contributed by atoms with E-state index in [1.807, 2.05) is 35.2 Å². The number of piperidine rings is 1. The van der Waals surface area contributed by atoms with E-state index in [0.717, 1.165) is 12.8 Å². The molecule has 2 aromatic heterocycles. The minimum Gasteiger partial charge on any atom is -0.417 e. The standard InChI is InChI=1S/C33H33ClF3N7O3/c34-25-9-4-5-10-26(25)40-31(46)43-16-6-15-42(19-20-43)27-12-11-24(21-38-27)39-30(45)28-29(33(35,36)37)41-32(47-28)44-17-13-23(14-18-44)22-7-2-1-3-8-22/h1-5,7-12,21,23H,6,13-20H2,(H,39,45)(H,40,46). The van der Waals surface area contributed by atoms with E-state index in [-0.39, 0.29) is 23.7 Å². The van der Waals surface area contributed by atoms with Crippen LogP contribution in [0.4, 0.5) is 41.2 Å². The minimum absolute atomic E-state index is 0.198. The highest BCUT2D eigenvalue weighted by atomic mass is 35.5. The Bertz CT molecular complexity index is 1690. The van der Waals surface area contributed by atoms with Crippen LogP contribution in [0.1, 0.15) is 47.0 Å². The molecule has 4 heterocycles. The number of rotatable bonds is 6. The predicted octanol–water partition coefficient (Wildman–Crippen LogP) is 7.12. The van der Waals surface area contributed by atoms with Gasteiger partial charge in [-0.05, 0) is 55.0 Å². The predicted molar refractivity (Wildman–Crippen MR) is 173 cm³/mol. The number of pyridine rings is 1. The van der Waals surface area contributed by atoms with Crippen LogP contribution >= 0.6 is 11.6 Å². The zero-order chi connectivity index (χ0) is 33.0. The maximum atomic E-state index is 13.9. The molecule has 3 amide bonds. The van der Waals surface area contributed by atoms with E-state index in [9.17, 15) is 22.8 Å². The summed E-state index contributed by atoms with van der Waals surface area (Å²) in [6.07, 6.45) is -1.38. The number of urea groups is 1.